The average molecular weight is 356 g/mol. The minimum atomic E-state index is -0.882. The second-order valence-corrected chi connectivity index (χ2v) is 7.64. The summed E-state index contributed by atoms with van der Waals surface area (Å²) < 4.78 is 7.67. The van der Waals surface area contributed by atoms with E-state index in [0.717, 1.165) is 29.4 Å². The van der Waals surface area contributed by atoms with Crippen LogP contribution in [0.3, 0.4) is 0 Å². The molecule has 0 amide bonds. The van der Waals surface area contributed by atoms with Crippen molar-refractivity contribution in [3.8, 4) is 5.88 Å². The number of carbonyl (C=O) groups is 1. The van der Waals surface area contributed by atoms with E-state index in [1.165, 1.54) is 45.3 Å². The molecule has 1 N–H and O–H groups in total. The second-order valence-electron chi connectivity index (χ2n) is 7.64. The van der Waals surface area contributed by atoms with Crippen molar-refractivity contribution >= 4 is 16.9 Å². The fourth-order valence-electron chi connectivity index (χ4n) is 4.53. The maximum Gasteiger partial charge on any atom is 0.341 e. The van der Waals surface area contributed by atoms with E-state index in [9.17, 15) is 9.90 Å². The molecule has 0 saturated carbocycles. The Labute approximate surface area is 154 Å². The van der Waals surface area contributed by atoms with Gasteiger partial charge in [0.25, 0.3) is 0 Å². The number of unbranched alkanes of at least 4 members (excludes halogenated alkanes) is 1. The highest BCUT2D eigenvalue weighted by Gasteiger charge is 2.29. The van der Waals surface area contributed by atoms with Crippen molar-refractivity contribution < 1.29 is 14.6 Å². The minimum absolute atomic E-state index is 0.355. The molecular weight excluding hydrogens is 328 g/mol. The van der Waals surface area contributed by atoms with Crippen LogP contribution in [0.25, 0.3) is 10.9 Å². The molecule has 2 aliphatic rings. The predicted octanol–water partition coefficient (Wildman–Crippen LogP) is 3.79. The highest BCUT2D eigenvalue weighted by atomic mass is 16.5. The third kappa shape index (κ3) is 3.09. The fourth-order valence-corrected chi connectivity index (χ4v) is 4.53. The van der Waals surface area contributed by atoms with Gasteiger partial charge in [-0.05, 0) is 62.9 Å². The standard InChI is InChI=1S/C21H28N2O3/c1-2-3-9-22-10-7-15(8-11-22)14-16-5-4-6-17-18(16)19(21(24)25)20-23(17)12-13-26-20/h4-6,15H,2-3,7-14H2,1H3,(H,24,25). The lowest BCUT2D eigenvalue weighted by Gasteiger charge is -2.32. The number of carboxylic acid groups (broad SMARTS) is 1. The summed E-state index contributed by atoms with van der Waals surface area (Å²) in [5, 5.41) is 10.7. The SMILES string of the molecule is CCCCN1CCC(Cc2cccc3c2c(C(=O)O)c2n3CCO2)CC1. The molecule has 1 fully saturated rings. The van der Waals surface area contributed by atoms with Crippen LogP contribution < -0.4 is 4.74 Å². The number of piperidine rings is 1. The Balaban J connectivity index is 1.57. The highest BCUT2D eigenvalue weighted by molar-refractivity contribution is 6.08. The van der Waals surface area contributed by atoms with E-state index in [0.29, 0.717) is 24.0 Å². The first-order valence-corrected chi connectivity index (χ1v) is 9.91. The molecule has 0 bridgehead atoms. The Morgan fingerprint density at radius 3 is 2.81 bits per heavy atom. The van der Waals surface area contributed by atoms with Gasteiger partial charge in [0.1, 0.15) is 12.2 Å². The summed E-state index contributed by atoms with van der Waals surface area (Å²) >= 11 is 0. The smallest absolute Gasteiger partial charge is 0.341 e. The van der Waals surface area contributed by atoms with Crippen LogP contribution in [0.1, 0.15) is 48.5 Å². The number of carboxylic acids is 1. The van der Waals surface area contributed by atoms with E-state index >= 15 is 0 Å². The molecule has 26 heavy (non-hydrogen) atoms. The second kappa shape index (κ2) is 7.31. The molecule has 0 radical (unpaired) electrons. The molecule has 1 aromatic heterocycles. The molecule has 2 aromatic rings. The largest absolute Gasteiger partial charge is 0.477 e. The summed E-state index contributed by atoms with van der Waals surface area (Å²) in [5.41, 5.74) is 2.53. The minimum Gasteiger partial charge on any atom is -0.477 e. The molecule has 0 spiro atoms. The zero-order valence-corrected chi connectivity index (χ0v) is 15.5. The molecule has 0 atom stereocenters. The lowest BCUT2D eigenvalue weighted by atomic mass is 9.88. The predicted molar refractivity (Wildman–Crippen MR) is 102 cm³/mol. The number of rotatable bonds is 6. The van der Waals surface area contributed by atoms with Crippen LogP contribution in [0.4, 0.5) is 0 Å². The van der Waals surface area contributed by atoms with E-state index in [2.05, 4.69) is 24.0 Å². The van der Waals surface area contributed by atoms with Gasteiger partial charge in [-0.3, -0.25) is 0 Å². The normalized spacial score (nSPS) is 18.2. The summed E-state index contributed by atoms with van der Waals surface area (Å²) in [6, 6.07) is 6.19. The van der Waals surface area contributed by atoms with Crippen molar-refractivity contribution in [2.75, 3.05) is 26.2 Å². The molecule has 3 heterocycles. The Morgan fingerprint density at radius 2 is 2.08 bits per heavy atom. The van der Waals surface area contributed by atoms with Gasteiger partial charge in [-0.2, -0.15) is 0 Å². The number of benzene rings is 1. The maximum absolute atomic E-state index is 11.9. The summed E-state index contributed by atoms with van der Waals surface area (Å²) in [7, 11) is 0. The molecular formula is C21H28N2O3. The molecule has 5 heteroatoms. The third-order valence-electron chi connectivity index (χ3n) is 5.94. The number of nitrogens with zero attached hydrogens (tertiary/aromatic N) is 2. The average Bonchev–Trinajstić information content (AvgIpc) is 3.22. The Morgan fingerprint density at radius 1 is 1.27 bits per heavy atom. The van der Waals surface area contributed by atoms with Gasteiger partial charge >= 0.3 is 5.97 Å². The Bertz CT molecular complexity index is 803. The first-order chi connectivity index (χ1) is 12.7. The van der Waals surface area contributed by atoms with Crippen molar-refractivity contribution in [3.63, 3.8) is 0 Å². The van der Waals surface area contributed by atoms with Crippen LogP contribution in [0.2, 0.25) is 0 Å². The van der Waals surface area contributed by atoms with E-state index in [4.69, 9.17) is 4.74 Å². The maximum atomic E-state index is 11.9. The van der Waals surface area contributed by atoms with E-state index in [1.807, 2.05) is 10.6 Å². The lowest BCUT2D eigenvalue weighted by molar-refractivity contribution is 0.0695. The van der Waals surface area contributed by atoms with Crippen LogP contribution in [0.15, 0.2) is 18.2 Å². The number of fused-ring (bicyclic) bond motifs is 3. The number of likely N-dealkylation sites (tertiary alicyclic amines) is 1. The number of aromatic nitrogens is 1. The number of ether oxygens (including phenoxy) is 1. The van der Waals surface area contributed by atoms with E-state index in [1.54, 1.807) is 0 Å². The van der Waals surface area contributed by atoms with Crippen LogP contribution in [-0.4, -0.2) is 46.8 Å². The van der Waals surface area contributed by atoms with E-state index in [-0.39, 0.29) is 0 Å². The van der Waals surface area contributed by atoms with Gasteiger partial charge in [-0.25, -0.2) is 4.79 Å². The fraction of sp³-hybridized carbons (Fsp3) is 0.571. The molecule has 2 aliphatic heterocycles. The number of hydrogen-bond donors (Lipinski definition) is 1. The first kappa shape index (κ1) is 17.4. The third-order valence-corrected chi connectivity index (χ3v) is 5.94. The molecule has 5 nitrogen and oxygen atoms in total. The van der Waals surface area contributed by atoms with Crippen LogP contribution in [0, 0.1) is 5.92 Å². The van der Waals surface area contributed by atoms with Crippen molar-refractivity contribution in [3.05, 3.63) is 29.3 Å². The van der Waals surface area contributed by atoms with Gasteiger partial charge in [0, 0.05) is 5.39 Å². The summed E-state index contributed by atoms with van der Waals surface area (Å²) in [4.78, 5) is 14.5. The van der Waals surface area contributed by atoms with Gasteiger partial charge in [0.05, 0.1) is 12.1 Å². The van der Waals surface area contributed by atoms with Crippen LogP contribution >= 0.6 is 0 Å². The van der Waals surface area contributed by atoms with Gasteiger partial charge in [0.15, 0.2) is 0 Å². The van der Waals surface area contributed by atoms with Gasteiger partial charge in [-0.15, -0.1) is 0 Å². The first-order valence-electron chi connectivity index (χ1n) is 9.91. The number of aromatic carboxylic acids is 1. The zero-order valence-electron chi connectivity index (χ0n) is 15.5. The van der Waals surface area contributed by atoms with Crippen molar-refractivity contribution in [1.29, 1.82) is 0 Å². The summed E-state index contributed by atoms with van der Waals surface area (Å²) in [6.45, 7) is 7.09. The van der Waals surface area contributed by atoms with Crippen molar-refractivity contribution in [2.24, 2.45) is 5.92 Å². The van der Waals surface area contributed by atoms with Crippen LogP contribution in [0.5, 0.6) is 5.88 Å². The van der Waals surface area contributed by atoms with Crippen molar-refractivity contribution in [1.82, 2.24) is 9.47 Å². The topological polar surface area (TPSA) is 54.7 Å². The lowest BCUT2D eigenvalue weighted by Crippen LogP contribution is -2.35. The van der Waals surface area contributed by atoms with Gasteiger partial charge in [0.2, 0.25) is 5.88 Å². The van der Waals surface area contributed by atoms with Crippen molar-refractivity contribution in [2.45, 2.75) is 45.6 Å². The van der Waals surface area contributed by atoms with E-state index < -0.39 is 5.97 Å². The Hall–Kier alpha value is -2.01. The van der Waals surface area contributed by atoms with Crippen LogP contribution in [-0.2, 0) is 13.0 Å². The zero-order chi connectivity index (χ0) is 18.1. The molecule has 1 aromatic carbocycles. The molecule has 4 rings (SSSR count). The Kier molecular flexibility index (Phi) is 4.90. The van der Waals surface area contributed by atoms with Gasteiger partial charge < -0.3 is 19.3 Å². The molecule has 0 unspecified atom stereocenters. The number of hydrogen-bond acceptors (Lipinski definition) is 3. The molecule has 1 saturated heterocycles. The molecule has 140 valence electrons. The quantitative estimate of drug-likeness (QED) is 0.856. The summed E-state index contributed by atoms with van der Waals surface area (Å²) in [6.07, 6.45) is 5.89. The van der Waals surface area contributed by atoms with Gasteiger partial charge in [-0.1, -0.05) is 25.5 Å². The summed E-state index contributed by atoms with van der Waals surface area (Å²) in [5.74, 6) is 0.289. The monoisotopic (exact) mass is 356 g/mol. The highest BCUT2D eigenvalue weighted by Crippen LogP contribution is 2.38. The molecule has 0 aliphatic carbocycles.